The molecule has 0 spiro atoms. The first-order valence-corrected chi connectivity index (χ1v) is 16.4. The lowest BCUT2D eigenvalue weighted by Crippen LogP contribution is -2.57. The number of nitrogens with zero attached hydrogens (tertiary/aromatic N) is 9. The number of rotatable bonds is 8. The molecule has 1 unspecified atom stereocenters. The van der Waals surface area contributed by atoms with Crippen LogP contribution in [-0.2, 0) is 16.0 Å². The normalized spacial score (nSPS) is 17.7. The Morgan fingerprint density at radius 1 is 1.16 bits per heavy atom. The molecule has 3 aromatic heterocycles. The zero-order valence-corrected chi connectivity index (χ0v) is 26.9. The fourth-order valence-corrected chi connectivity index (χ4v) is 7.48. The van der Waals surface area contributed by atoms with E-state index in [2.05, 4.69) is 6.07 Å². The summed E-state index contributed by atoms with van der Waals surface area (Å²) >= 11 is 2.68. The number of amides is 2. The van der Waals surface area contributed by atoms with Gasteiger partial charge in [0, 0.05) is 32.2 Å². The Kier molecular flexibility index (Phi) is 8.38. The van der Waals surface area contributed by atoms with Crippen LogP contribution in [0.3, 0.4) is 0 Å². The fraction of sp³-hybridized carbons (Fsp3) is 0.467. The van der Waals surface area contributed by atoms with Crippen molar-refractivity contribution in [3.63, 3.8) is 0 Å². The summed E-state index contributed by atoms with van der Waals surface area (Å²) in [7, 11) is 3.71. The lowest BCUT2D eigenvalue weighted by atomic mass is 10.1. The van der Waals surface area contributed by atoms with E-state index < -0.39 is 12.1 Å². The van der Waals surface area contributed by atoms with Crippen molar-refractivity contribution in [1.29, 1.82) is 5.26 Å². The summed E-state index contributed by atoms with van der Waals surface area (Å²) in [6.45, 7) is 5.41. The van der Waals surface area contributed by atoms with E-state index in [-0.39, 0.29) is 18.4 Å². The molecule has 2 aliphatic rings. The third-order valence-electron chi connectivity index (χ3n) is 8.24. The van der Waals surface area contributed by atoms with Gasteiger partial charge in [-0.25, -0.2) is 9.97 Å². The lowest BCUT2D eigenvalue weighted by Gasteiger charge is -2.37. The number of anilines is 3. The average Bonchev–Trinajstić information content (AvgIpc) is 3.66. The number of carbonyl (C=O) groups is 2. The lowest BCUT2D eigenvalue weighted by molar-refractivity contribution is -0.143. The van der Waals surface area contributed by atoms with Crippen molar-refractivity contribution in [2.45, 2.75) is 51.7 Å². The number of likely N-dealkylation sites (N-methyl/N-ethyl adjacent to an activating group) is 1. The minimum Gasteiger partial charge on any atom is -0.389 e. The van der Waals surface area contributed by atoms with Gasteiger partial charge in [0.25, 0.3) is 0 Å². The first-order valence-electron chi connectivity index (χ1n) is 14.8. The highest BCUT2D eigenvalue weighted by molar-refractivity contribution is 7.20. The summed E-state index contributed by atoms with van der Waals surface area (Å²) in [5.74, 6) is 0.587. The van der Waals surface area contributed by atoms with Crippen molar-refractivity contribution in [3.05, 3.63) is 40.4 Å². The van der Waals surface area contributed by atoms with Crippen molar-refractivity contribution in [2.75, 3.05) is 50.1 Å². The molecule has 2 fully saturated rings. The maximum absolute atomic E-state index is 13.9. The number of aryl methyl sites for hydroxylation is 2. The van der Waals surface area contributed by atoms with Crippen LogP contribution in [0, 0.1) is 18.3 Å². The highest BCUT2D eigenvalue weighted by Gasteiger charge is 2.36. The summed E-state index contributed by atoms with van der Waals surface area (Å²) in [5.41, 5.74) is 3.51. The molecule has 44 heavy (non-hydrogen) atoms. The number of hydrogen-bond acceptors (Lipinski definition) is 11. The summed E-state index contributed by atoms with van der Waals surface area (Å²) in [4.78, 5) is 44.6. The predicted molar refractivity (Wildman–Crippen MR) is 171 cm³/mol. The zero-order chi connectivity index (χ0) is 31.1. The van der Waals surface area contributed by atoms with E-state index in [4.69, 9.17) is 15.1 Å². The van der Waals surface area contributed by atoms with Gasteiger partial charge < -0.3 is 14.9 Å². The molecule has 1 N–H and O–H groups in total. The number of benzene rings is 1. The van der Waals surface area contributed by atoms with Gasteiger partial charge in [-0.2, -0.15) is 9.78 Å². The Hall–Kier alpha value is -3.90. The molecule has 14 heteroatoms. The Labute approximate surface area is 263 Å². The van der Waals surface area contributed by atoms with Crippen LogP contribution in [0.4, 0.5) is 16.1 Å². The van der Waals surface area contributed by atoms with Gasteiger partial charge >= 0.3 is 0 Å². The van der Waals surface area contributed by atoms with Crippen LogP contribution in [-0.4, -0.2) is 98.7 Å². The molecule has 0 aliphatic carbocycles. The first kappa shape index (κ1) is 30.1. The molecule has 12 nitrogen and oxygen atoms in total. The van der Waals surface area contributed by atoms with E-state index in [0.29, 0.717) is 58.3 Å². The molecule has 4 aromatic rings. The van der Waals surface area contributed by atoms with E-state index in [9.17, 15) is 20.0 Å². The van der Waals surface area contributed by atoms with Crippen LogP contribution in [0.2, 0.25) is 0 Å². The van der Waals surface area contributed by atoms with Crippen molar-refractivity contribution in [2.24, 2.45) is 0 Å². The molecule has 1 aromatic carbocycles. The van der Waals surface area contributed by atoms with Gasteiger partial charge in [0.05, 0.1) is 24.4 Å². The van der Waals surface area contributed by atoms with E-state index >= 15 is 0 Å². The van der Waals surface area contributed by atoms with E-state index in [1.807, 2.05) is 62.0 Å². The number of likely N-dealkylation sites (tertiary alicyclic amines) is 1. The van der Waals surface area contributed by atoms with Crippen molar-refractivity contribution >= 4 is 55.5 Å². The van der Waals surface area contributed by atoms with Gasteiger partial charge in [0.2, 0.25) is 21.9 Å². The molecule has 2 amide bonds. The largest absolute Gasteiger partial charge is 0.389 e. The Morgan fingerprint density at radius 3 is 2.59 bits per heavy atom. The molecule has 230 valence electrons. The van der Waals surface area contributed by atoms with Crippen molar-refractivity contribution < 1.29 is 14.7 Å². The van der Waals surface area contributed by atoms with Crippen LogP contribution in [0.5, 0.6) is 0 Å². The SMILES string of the molecule is CCc1nc2sc(N3CCCCC(N(C)CC(=O)N4CC(O)C4)C3=O)nn2c1N(C)c1nc(-c2ccc(C)cc2)c(C#N)s1. The fourth-order valence-electron chi connectivity index (χ4n) is 5.68. The number of thiazole rings is 1. The molecule has 0 bridgehead atoms. The predicted octanol–water partition coefficient (Wildman–Crippen LogP) is 3.45. The van der Waals surface area contributed by atoms with Gasteiger partial charge in [-0.15, -0.1) is 5.10 Å². The molecular formula is C30H35N9O3S2. The molecule has 1 atom stereocenters. The number of aliphatic hydroxyl groups is 1. The Balaban J connectivity index is 1.28. The van der Waals surface area contributed by atoms with Gasteiger partial charge in [-0.05, 0) is 39.7 Å². The smallest absolute Gasteiger partial charge is 0.246 e. The van der Waals surface area contributed by atoms with E-state index in [1.54, 1.807) is 14.3 Å². The average molecular weight is 634 g/mol. The van der Waals surface area contributed by atoms with Crippen LogP contribution < -0.4 is 9.80 Å². The van der Waals surface area contributed by atoms with E-state index in [1.165, 1.54) is 22.7 Å². The van der Waals surface area contributed by atoms with Crippen molar-refractivity contribution in [3.8, 4) is 17.3 Å². The number of carbonyl (C=O) groups excluding carboxylic acids is 2. The van der Waals surface area contributed by atoms with Crippen LogP contribution >= 0.6 is 22.7 Å². The number of aromatic nitrogens is 4. The molecule has 2 aliphatic heterocycles. The van der Waals surface area contributed by atoms with Gasteiger partial charge in [0.15, 0.2) is 10.9 Å². The molecule has 0 saturated carbocycles. The third kappa shape index (κ3) is 5.56. The topological polar surface area (TPSA) is 134 Å². The number of hydrogen-bond donors (Lipinski definition) is 1. The third-order valence-corrected chi connectivity index (χ3v) is 10.2. The van der Waals surface area contributed by atoms with Crippen molar-refractivity contribution in [1.82, 2.24) is 29.4 Å². The van der Waals surface area contributed by atoms with E-state index in [0.717, 1.165) is 35.5 Å². The van der Waals surface area contributed by atoms with Crippen LogP contribution in [0.1, 0.15) is 42.3 Å². The van der Waals surface area contributed by atoms with Crippen LogP contribution in [0.15, 0.2) is 24.3 Å². The number of nitriles is 1. The molecule has 0 radical (unpaired) electrons. The number of β-amino-alcohol motifs (C(OH)–C–C–N with tert-alkyl or cyclic N) is 1. The molecule has 5 heterocycles. The Bertz CT molecular complexity index is 1730. The van der Waals surface area contributed by atoms with Gasteiger partial charge in [0.1, 0.15) is 16.6 Å². The maximum Gasteiger partial charge on any atom is 0.246 e. The van der Waals surface area contributed by atoms with Gasteiger partial charge in [-0.3, -0.25) is 19.4 Å². The molecule has 6 rings (SSSR count). The minimum atomic E-state index is -0.459. The number of imidazole rings is 1. The summed E-state index contributed by atoms with van der Waals surface area (Å²) in [5, 5.41) is 25.6. The highest BCUT2D eigenvalue weighted by atomic mass is 32.1. The summed E-state index contributed by atoms with van der Waals surface area (Å²) < 4.78 is 1.77. The maximum atomic E-state index is 13.9. The standard InChI is InChI=1S/C30H35N9O3S2/c1-5-21-26(36(4)28-33-25(23(14-31)43-28)19-11-9-18(2)10-12-19)39-29(32-21)44-30(34-39)38-13-7-6-8-22(27(38)42)35(3)17-24(41)37-15-20(40)16-37/h9-12,20,22,40H,5-8,13,15-17H2,1-4H3. The number of aliphatic hydroxyl groups excluding tert-OH is 1. The highest BCUT2D eigenvalue weighted by Crippen LogP contribution is 2.38. The molecular weight excluding hydrogens is 599 g/mol. The summed E-state index contributed by atoms with van der Waals surface area (Å²) in [6.07, 6.45) is 2.56. The second-order valence-electron chi connectivity index (χ2n) is 11.4. The van der Waals surface area contributed by atoms with Gasteiger partial charge in [-0.1, -0.05) is 59.4 Å². The first-order chi connectivity index (χ1) is 21.2. The monoisotopic (exact) mass is 633 g/mol. The second kappa shape index (κ2) is 12.2. The quantitative estimate of drug-likeness (QED) is 0.310. The van der Waals surface area contributed by atoms with Crippen LogP contribution in [0.25, 0.3) is 16.2 Å². The zero-order valence-electron chi connectivity index (χ0n) is 25.2. The molecule has 2 saturated heterocycles. The summed E-state index contributed by atoms with van der Waals surface area (Å²) in [6, 6.07) is 9.82. The number of fused-ring (bicyclic) bond motifs is 1. The Morgan fingerprint density at radius 2 is 1.91 bits per heavy atom. The minimum absolute atomic E-state index is 0.0783. The second-order valence-corrected chi connectivity index (χ2v) is 13.3.